The Morgan fingerprint density at radius 3 is 2.62 bits per heavy atom. The standard InChI is InChI=1S/C15H22N2O3S/c1-4-9-17(11-14(18)16(2)3)10-13-6-5-12(21-13)7-8-15(19)20/h5-8H,4,9-11H2,1-3H3,(H,19,20). The number of carbonyl (C=O) groups is 2. The normalized spacial score (nSPS) is 11.2. The predicted octanol–water partition coefficient (Wildman–Crippen LogP) is 2.15. The Labute approximate surface area is 129 Å². The molecule has 0 fully saturated rings. The molecule has 1 heterocycles. The van der Waals surface area contributed by atoms with Crippen molar-refractivity contribution in [3.63, 3.8) is 0 Å². The molecular formula is C15H22N2O3S. The summed E-state index contributed by atoms with van der Waals surface area (Å²) < 4.78 is 0. The minimum absolute atomic E-state index is 0.0889. The minimum atomic E-state index is -0.950. The fraction of sp³-hybridized carbons (Fsp3) is 0.467. The topological polar surface area (TPSA) is 60.9 Å². The number of nitrogens with zero attached hydrogens (tertiary/aromatic N) is 2. The first-order valence-corrected chi connectivity index (χ1v) is 7.66. The van der Waals surface area contributed by atoms with Gasteiger partial charge in [0.2, 0.25) is 5.91 Å². The van der Waals surface area contributed by atoms with Crippen LogP contribution in [0.3, 0.4) is 0 Å². The highest BCUT2D eigenvalue weighted by Gasteiger charge is 2.13. The molecule has 6 heteroatoms. The van der Waals surface area contributed by atoms with Gasteiger partial charge in [-0.25, -0.2) is 4.79 Å². The zero-order valence-corrected chi connectivity index (χ0v) is 13.5. The van der Waals surface area contributed by atoms with Gasteiger partial charge in [0.05, 0.1) is 6.54 Å². The van der Waals surface area contributed by atoms with E-state index in [1.54, 1.807) is 36.4 Å². The van der Waals surface area contributed by atoms with Gasteiger partial charge in [0.25, 0.3) is 0 Å². The number of amides is 1. The summed E-state index contributed by atoms with van der Waals surface area (Å²) in [6.07, 6.45) is 3.71. The van der Waals surface area contributed by atoms with E-state index in [4.69, 9.17) is 5.11 Å². The first-order chi connectivity index (χ1) is 9.92. The van der Waals surface area contributed by atoms with Crippen molar-refractivity contribution in [2.75, 3.05) is 27.2 Å². The highest BCUT2D eigenvalue weighted by atomic mass is 32.1. The molecule has 0 spiro atoms. The van der Waals surface area contributed by atoms with Crippen LogP contribution in [0.4, 0.5) is 0 Å². The summed E-state index contributed by atoms with van der Waals surface area (Å²) in [7, 11) is 3.51. The lowest BCUT2D eigenvalue weighted by Gasteiger charge is -2.22. The van der Waals surface area contributed by atoms with Gasteiger partial charge in [-0.15, -0.1) is 11.3 Å². The first-order valence-electron chi connectivity index (χ1n) is 6.84. The summed E-state index contributed by atoms with van der Waals surface area (Å²) in [5, 5.41) is 8.62. The van der Waals surface area contributed by atoms with E-state index in [0.29, 0.717) is 13.1 Å². The third-order valence-corrected chi connectivity index (χ3v) is 3.88. The number of hydrogen-bond donors (Lipinski definition) is 1. The van der Waals surface area contributed by atoms with Gasteiger partial charge in [0.1, 0.15) is 0 Å². The van der Waals surface area contributed by atoms with Crippen LogP contribution >= 0.6 is 11.3 Å². The Balaban J connectivity index is 2.66. The Morgan fingerprint density at radius 1 is 1.33 bits per heavy atom. The Hall–Kier alpha value is -1.66. The van der Waals surface area contributed by atoms with Crippen molar-refractivity contribution in [3.05, 3.63) is 28.0 Å². The van der Waals surface area contributed by atoms with Crippen LogP contribution < -0.4 is 0 Å². The average molecular weight is 310 g/mol. The van der Waals surface area contributed by atoms with Gasteiger partial charge in [-0.1, -0.05) is 6.92 Å². The third kappa shape index (κ3) is 6.55. The monoisotopic (exact) mass is 310 g/mol. The van der Waals surface area contributed by atoms with E-state index < -0.39 is 5.97 Å². The summed E-state index contributed by atoms with van der Waals surface area (Å²) in [4.78, 5) is 28.0. The molecule has 116 valence electrons. The molecule has 21 heavy (non-hydrogen) atoms. The summed E-state index contributed by atoms with van der Waals surface area (Å²) in [5.41, 5.74) is 0. The second-order valence-electron chi connectivity index (χ2n) is 4.97. The Bertz CT molecular complexity index is 509. The number of thiophene rings is 1. The predicted molar refractivity (Wildman–Crippen MR) is 85.3 cm³/mol. The molecule has 0 bridgehead atoms. The minimum Gasteiger partial charge on any atom is -0.478 e. The van der Waals surface area contributed by atoms with Gasteiger partial charge in [0.15, 0.2) is 0 Å². The lowest BCUT2D eigenvalue weighted by Crippen LogP contribution is -2.36. The van der Waals surface area contributed by atoms with Crippen LogP contribution in [0.2, 0.25) is 0 Å². The number of aliphatic carboxylic acids is 1. The maximum Gasteiger partial charge on any atom is 0.328 e. The van der Waals surface area contributed by atoms with E-state index in [9.17, 15) is 9.59 Å². The van der Waals surface area contributed by atoms with Crippen molar-refractivity contribution >= 4 is 29.3 Å². The molecule has 0 unspecified atom stereocenters. The third-order valence-electron chi connectivity index (χ3n) is 2.85. The number of hydrogen-bond acceptors (Lipinski definition) is 4. The van der Waals surface area contributed by atoms with E-state index in [1.807, 2.05) is 12.1 Å². The van der Waals surface area contributed by atoms with Gasteiger partial charge in [-0.05, 0) is 31.2 Å². The largest absolute Gasteiger partial charge is 0.478 e. The quantitative estimate of drug-likeness (QED) is 0.747. The van der Waals surface area contributed by atoms with Crippen LogP contribution in [-0.4, -0.2) is 54.0 Å². The van der Waals surface area contributed by atoms with Gasteiger partial charge in [0, 0.05) is 36.5 Å². The Morgan fingerprint density at radius 2 is 2.05 bits per heavy atom. The summed E-state index contributed by atoms with van der Waals surface area (Å²) in [5.74, 6) is -0.861. The molecule has 1 aromatic heterocycles. The fourth-order valence-electron chi connectivity index (χ4n) is 1.81. The fourth-order valence-corrected chi connectivity index (χ4v) is 2.76. The van der Waals surface area contributed by atoms with Crippen LogP contribution in [-0.2, 0) is 16.1 Å². The number of carboxylic acid groups (broad SMARTS) is 1. The van der Waals surface area contributed by atoms with Gasteiger partial charge >= 0.3 is 5.97 Å². The van der Waals surface area contributed by atoms with Crippen molar-refractivity contribution in [1.29, 1.82) is 0 Å². The molecule has 1 amide bonds. The summed E-state index contributed by atoms with van der Waals surface area (Å²) in [6, 6.07) is 3.88. The molecule has 0 saturated carbocycles. The SMILES string of the molecule is CCCN(CC(=O)N(C)C)Cc1ccc(C=CC(=O)O)s1. The smallest absolute Gasteiger partial charge is 0.328 e. The van der Waals surface area contributed by atoms with Crippen LogP contribution in [0.1, 0.15) is 23.1 Å². The maximum absolute atomic E-state index is 11.8. The van der Waals surface area contributed by atoms with Crippen molar-refractivity contribution < 1.29 is 14.7 Å². The van der Waals surface area contributed by atoms with E-state index in [0.717, 1.165) is 28.8 Å². The summed E-state index contributed by atoms with van der Waals surface area (Å²) >= 11 is 1.55. The van der Waals surface area contributed by atoms with Crippen molar-refractivity contribution in [3.8, 4) is 0 Å². The van der Waals surface area contributed by atoms with E-state index in [-0.39, 0.29) is 5.91 Å². The van der Waals surface area contributed by atoms with Crippen LogP contribution in [0.25, 0.3) is 6.08 Å². The number of rotatable bonds is 8. The van der Waals surface area contributed by atoms with E-state index >= 15 is 0 Å². The number of carbonyl (C=O) groups excluding carboxylic acids is 1. The van der Waals surface area contributed by atoms with Gasteiger partial charge in [-0.3, -0.25) is 9.69 Å². The van der Waals surface area contributed by atoms with Crippen LogP contribution in [0.15, 0.2) is 18.2 Å². The van der Waals surface area contributed by atoms with Gasteiger partial charge in [-0.2, -0.15) is 0 Å². The molecular weight excluding hydrogens is 288 g/mol. The zero-order chi connectivity index (χ0) is 15.8. The molecule has 0 aliphatic carbocycles. The lowest BCUT2D eigenvalue weighted by atomic mass is 10.3. The summed E-state index contributed by atoms with van der Waals surface area (Å²) in [6.45, 7) is 4.05. The van der Waals surface area contributed by atoms with Crippen LogP contribution in [0.5, 0.6) is 0 Å². The van der Waals surface area contributed by atoms with Crippen molar-refractivity contribution in [2.45, 2.75) is 19.9 Å². The maximum atomic E-state index is 11.8. The van der Waals surface area contributed by atoms with Gasteiger partial charge < -0.3 is 10.0 Å². The van der Waals surface area contributed by atoms with E-state index in [1.165, 1.54) is 0 Å². The molecule has 0 radical (unpaired) electrons. The molecule has 0 aliphatic heterocycles. The zero-order valence-electron chi connectivity index (χ0n) is 12.7. The van der Waals surface area contributed by atoms with Crippen molar-refractivity contribution in [1.82, 2.24) is 9.80 Å². The lowest BCUT2D eigenvalue weighted by molar-refractivity contribution is -0.131. The molecule has 0 aliphatic rings. The van der Waals surface area contributed by atoms with Crippen molar-refractivity contribution in [2.24, 2.45) is 0 Å². The highest BCUT2D eigenvalue weighted by Crippen LogP contribution is 2.19. The van der Waals surface area contributed by atoms with E-state index in [2.05, 4.69) is 11.8 Å². The molecule has 0 aromatic carbocycles. The highest BCUT2D eigenvalue weighted by molar-refractivity contribution is 7.12. The number of likely N-dealkylation sites (N-methyl/N-ethyl adjacent to an activating group) is 1. The second kappa shape index (κ2) is 8.59. The number of carboxylic acids is 1. The first kappa shape index (κ1) is 17.4. The van der Waals surface area contributed by atoms with Crippen LogP contribution in [0, 0.1) is 0 Å². The molecule has 5 nitrogen and oxygen atoms in total. The molecule has 1 rings (SSSR count). The molecule has 0 atom stereocenters. The average Bonchev–Trinajstić information content (AvgIpc) is 2.84. The molecule has 1 N–H and O–H groups in total. The second-order valence-corrected chi connectivity index (χ2v) is 6.17. The molecule has 0 saturated heterocycles. The molecule has 1 aromatic rings. The Kier molecular flexibility index (Phi) is 7.11.